The lowest BCUT2D eigenvalue weighted by Gasteiger charge is -2.12. The number of carbonyl (C=O) groups is 1. The number of ketones is 1. The maximum absolute atomic E-state index is 12.7. The fraction of sp³-hybridized carbons (Fsp3) is 0.278. The van der Waals surface area contributed by atoms with E-state index in [4.69, 9.17) is 16.3 Å². The molecule has 0 aliphatic heterocycles. The molecular weight excluding hydrogens is 341 g/mol. The van der Waals surface area contributed by atoms with Crippen LogP contribution in [0.1, 0.15) is 40.4 Å². The summed E-state index contributed by atoms with van der Waals surface area (Å²) in [5.41, 5.74) is 1.38. The zero-order chi connectivity index (χ0) is 17.9. The molecule has 24 heavy (non-hydrogen) atoms. The Hall–Kier alpha value is -2.01. The van der Waals surface area contributed by atoms with Crippen LogP contribution in [0.15, 0.2) is 36.4 Å². The molecule has 0 radical (unpaired) electrons. The molecule has 0 aliphatic rings. The normalized spacial score (nSPS) is 11.4. The van der Waals surface area contributed by atoms with Crippen LogP contribution in [0.4, 0.5) is 13.2 Å². The molecule has 0 fully saturated rings. The molecule has 2 aromatic carbocycles. The van der Waals surface area contributed by atoms with E-state index in [1.165, 1.54) is 6.07 Å². The standard InChI is InChI=1S/C18H16ClF3O2/c1-3-17(23)13-7-11(2)6-12(8-13)10-24-14-4-5-15(16(19)9-14)18(20,21)22/h4-9H,3,10H2,1-2H3. The zero-order valence-electron chi connectivity index (χ0n) is 13.2. The lowest BCUT2D eigenvalue weighted by molar-refractivity contribution is -0.137. The summed E-state index contributed by atoms with van der Waals surface area (Å²) in [5, 5.41) is -0.411. The van der Waals surface area contributed by atoms with Gasteiger partial charge >= 0.3 is 6.18 Å². The summed E-state index contributed by atoms with van der Waals surface area (Å²) in [6.07, 6.45) is -4.10. The fourth-order valence-electron chi connectivity index (χ4n) is 2.29. The van der Waals surface area contributed by atoms with Crippen LogP contribution in [0.5, 0.6) is 5.75 Å². The second-order valence-electron chi connectivity index (χ2n) is 5.41. The van der Waals surface area contributed by atoms with Gasteiger partial charge in [-0.2, -0.15) is 13.2 Å². The highest BCUT2D eigenvalue weighted by Gasteiger charge is 2.33. The summed E-state index contributed by atoms with van der Waals surface area (Å²) < 4.78 is 43.5. The Balaban J connectivity index is 2.15. The molecule has 0 bridgehead atoms. The lowest BCUT2D eigenvalue weighted by atomic mass is 10.0. The van der Waals surface area contributed by atoms with E-state index in [9.17, 15) is 18.0 Å². The monoisotopic (exact) mass is 356 g/mol. The number of Topliss-reactive ketones (excluding diaryl/α,β-unsaturated/α-hetero) is 1. The minimum absolute atomic E-state index is 0.0255. The first-order valence-corrected chi connectivity index (χ1v) is 7.72. The number of alkyl halides is 3. The average Bonchev–Trinajstić information content (AvgIpc) is 2.50. The number of ether oxygens (including phenoxy) is 1. The third kappa shape index (κ3) is 4.51. The summed E-state index contributed by atoms with van der Waals surface area (Å²) >= 11 is 5.66. The smallest absolute Gasteiger partial charge is 0.417 e. The molecule has 0 saturated heterocycles. The minimum Gasteiger partial charge on any atom is -0.489 e. The molecule has 0 aliphatic carbocycles. The Morgan fingerprint density at radius 3 is 2.46 bits per heavy atom. The number of carbonyl (C=O) groups excluding carboxylic acids is 1. The topological polar surface area (TPSA) is 26.3 Å². The number of benzene rings is 2. The van der Waals surface area contributed by atoms with Crippen LogP contribution < -0.4 is 4.74 Å². The predicted octanol–water partition coefficient (Wildman–Crippen LogP) is 5.84. The number of aryl methyl sites for hydroxylation is 1. The van der Waals surface area contributed by atoms with Crippen molar-refractivity contribution in [2.45, 2.75) is 33.1 Å². The Labute approximate surface area is 143 Å². The molecule has 2 nitrogen and oxygen atoms in total. The van der Waals surface area contributed by atoms with Gasteiger partial charge in [0.05, 0.1) is 10.6 Å². The van der Waals surface area contributed by atoms with Crippen molar-refractivity contribution in [1.29, 1.82) is 0 Å². The van der Waals surface area contributed by atoms with Crippen molar-refractivity contribution in [3.05, 3.63) is 63.7 Å². The van der Waals surface area contributed by atoms with Crippen molar-refractivity contribution >= 4 is 17.4 Å². The van der Waals surface area contributed by atoms with Crippen molar-refractivity contribution in [1.82, 2.24) is 0 Å². The summed E-state index contributed by atoms with van der Waals surface area (Å²) in [4.78, 5) is 11.8. The maximum Gasteiger partial charge on any atom is 0.417 e. The quantitative estimate of drug-likeness (QED) is 0.629. The first-order chi connectivity index (χ1) is 11.2. The Morgan fingerprint density at radius 1 is 1.17 bits per heavy atom. The highest BCUT2D eigenvalue weighted by Crippen LogP contribution is 2.36. The van der Waals surface area contributed by atoms with Gasteiger partial charge in [0.2, 0.25) is 0 Å². The number of rotatable bonds is 5. The third-order valence-corrected chi connectivity index (χ3v) is 3.74. The van der Waals surface area contributed by atoms with Gasteiger partial charge in [-0.25, -0.2) is 0 Å². The van der Waals surface area contributed by atoms with Gasteiger partial charge in [-0.05, 0) is 42.8 Å². The number of hydrogen-bond donors (Lipinski definition) is 0. The van der Waals surface area contributed by atoms with E-state index >= 15 is 0 Å². The molecule has 0 unspecified atom stereocenters. The van der Waals surface area contributed by atoms with Gasteiger partial charge in [-0.1, -0.05) is 30.2 Å². The van der Waals surface area contributed by atoms with Crippen LogP contribution in [-0.2, 0) is 12.8 Å². The van der Waals surface area contributed by atoms with Crippen LogP contribution in [0.25, 0.3) is 0 Å². The second-order valence-corrected chi connectivity index (χ2v) is 5.82. The van der Waals surface area contributed by atoms with E-state index in [0.717, 1.165) is 23.3 Å². The van der Waals surface area contributed by atoms with Gasteiger partial charge in [-0.15, -0.1) is 0 Å². The van der Waals surface area contributed by atoms with Gasteiger partial charge in [0, 0.05) is 12.0 Å². The molecule has 0 aromatic heterocycles. The van der Waals surface area contributed by atoms with E-state index in [1.54, 1.807) is 19.1 Å². The van der Waals surface area contributed by atoms with Gasteiger partial charge in [-0.3, -0.25) is 4.79 Å². The Kier molecular flexibility index (Phi) is 5.54. The maximum atomic E-state index is 12.7. The molecule has 0 spiro atoms. The van der Waals surface area contributed by atoms with Crippen molar-refractivity contribution in [3.63, 3.8) is 0 Å². The fourth-order valence-corrected chi connectivity index (χ4v) is 2.57. The molecule has 128 valence electrons. The van der Waals surface area contributed by atoms with Crippen LogP contribution in [0, 0.1) is 6.92 Å². The highest BCUT2D eigenvalue weighted by molar-refractivity contribution is 6.31. The van der Waals surface area contributed by atoms with Crippen LogP contribution in [0.2, 0.25) is 5.02 Å². The number of hydrogen-bond acceptors (Lipinski definition) is 2. The number of halogens is 4. The van der Waals surface area contributed by atoms with Crippen LogP contribution >= 0.6 is 11.6 Å². The lowest BCUT2D eigenvalue weighted by Crippen LogP contribution is -2.06. The van der Waals surface area contributed by atoms with E-state index < -0.39 is 16.8 Å². The average molecular weight is 357 g/mol. The van der Waals surface area contributed by atoms with E-state index in [2.05, 4.69) is 0 Å². The summed E-state index contributed by atoms with van der Waals surface area (Å²) in [6.45, 7) is 3.78. The summed E-state index contributed by atoms with van der Waals surface area (Å²) in [7, 11) is 0. The van der Waals surface area contributed by atoms with Gasteiger partial charge < -0.3 is 4.74 Å². The third-order valence-electron chi connectivity index (χ3n) is 3.43. The first-order valence-electron chi connectivity index (χ1n) is 7.34. The molecule has 6 heteroatoms. The largest absolute Gasteiger partial charge is 0.489 e. The predicted molar refractivity (Wildman–Crippen MR) is 86.6 cm³/mol. The van der Waals surface area contributed by atoms with Crippen molar-refractivity contribution in [3.8, 4) is 5.75 Å². The molecule has 2 aromatic rings. The van der Waals surface area contributed by atoms with Crippen molar-refractivity contribution in [2.75, 3.05) is 0 Å². The van der Waals surface area contributed by atoms with Crippen molar-refractivity contribution < 1.29 is 22.7 Å². The van der Waals surface area contributed by atoms with Crippen molar-refractivity contribution in [2.24, 2.45) is 0 Å². The van der Waals surface area contributed by atoms with Gasteiger partial charge in [0.25, 0.3) is 0 Å². The molecule has 0 atom stereocenters. The SMILES string of the molecule is CCC(=O)c1cc(C)cc(COc2ccc(C(F)(F)F)c(Cl)c2)c1. The summed E-state index contributed by atoms with van der Waals surface area (Å²) in [5.74, 6) is 0.260. The second kappa shape index (κ2) is 7.26. The Bertz CT molecular complexity index is 754. The van der Waals surface area contributed by atoms with Crippen LogP contribution in [-0.4, -0.2) is 5.78 Å². The molecule has 2 rings (SSSR count). The molecule has 0 N–H and O–H groups in total. The van der Waals surface area contributed by atoms with Gasteiger partial charge in [0.1, 0.15) is 12.4 Å². The molecular formula is C18H16ClF3O2. The Morgan fingerprint density at radius 2 is 1.88 bits per heavy atom. The van der Waals surface area contributed by atoms with E-state index in [0.29, 0.717) is 12.0 Å². The summed E-state index contributed by atoms with van der Waals surface area (Å²) in [6, 6.07) is 8.63. The molecule has 0 saturated carbocycles. The van der Waals surface area contributed by atoms with E-state index in [1.807, 2.05) is 13.0 Å². The van der Waals surface area contributed by atoms with Gasteiger partial charge in [0.15, 0.2) is 5.78 Å². The molecule has 0 amide bonds. The van der Waals surface area contributed by atoms with E-state index in [-0.39, 0.29) is 18.1 Å². The zero-order valence-corrected chi connectivity index (χ0v) is 14.0. The highest BCUT2D eigenvalue weighted by atomic mass is 35.5. The minimum atomic E-state index is -4.50. The first kappa shape index (κ1) is 18.3. The van der Waals surface area contributed by atoms with Crippen LogP contribution in [0.3, 0.4) is 0 Å². The molecule has 0 heterocycles.